The third kappa shape index (κ3) is 6.94. The molecule has 2 aromatic heterocycles. The smallest absolute Gasteiger partial charge is 0.262 e. The van der Waals surface area contributed by atoms with E-state index >= 15 is 0 Å². The number of carbonyl (C=O) groups excluding carboxylic acids is 4. The number of aryl methyl sites for hydroxylation is 3. The predicted molar refractivity (Wildman–Crippen MR) is 228 cm³/mol. The molecule has 0 aliphatic carbocycles. The number of rotatable bonds is 9. The van der Waals surface area contributed by atoms with Gasteiger partial charge in [0.25, 0.3) is 11.8 Å². The molecule has 5 aromatic rings. The summed E-state index contributed by atoms with van der Waals surface area (Å²) in [4.78, 5) is 68.6. The number of imide groups is 2. The largest absolute Gasteiger partial charge is 0.368 e. The van der Waals surface area contributed by atoms with Crippen LogP contribution in [0.5, 0.6) is 0 Å². The lowest BCUT2D eigenvalue weighted by Gasteiger charge is -2.49. The Bertz CT molecular complexity index is 2550. The van der Waals surface area contributed by atoms with Crippen LogP contribution in [0.2, 0.25) is 0 Å². The van der Waals surface area contributed by atoms with Crippen molar-refractivity contribution in [1.29, 1.82) is 0 Å². The molecule has 3 fully saturated rings. The minimum atomic E-state index is -0.959. The van der Waals surface area contributed by atoms with Crippen molar-refractivity contribution >= 4 is 63.5 Å². The fraction of sp³-hybridized carbons (Fsp3) is 0.400. The van der Waals surface area contributed by atoms with Gasteiger partial charge in [-0.3, -0.25) is 39.2 Å². The van der Waals surface area contributed by atoms with Gasteiger partial charge in [0.2, 0.25) is 17.8 Å². The summed E-state index contributed by atoms with van der Waals surface area (Å²) in [6.45, 7) is 11.2. The molecule has 1 unspecified atom stereocenters. The topological polar surface area (TPSA) is 161 Å². The maximum absolute atomic E-state index is 13.3. The van der Waals surface area contributed by atoms with Crippen LogP contribution >= 0.6 is 0 Å². The number of hydrogen-bond acceptors (Lipinski definition) is 12. The third-order valence-corrected chi connectivity index (χ3v) is 13.2. The summed E-state index contributed by atoms with van der Waals surface area (Å²) in [6.07, 6.45) is 5.47. The zero-order chi connectivity index (χ0) is 41.2. The number of nitrogens with zero attached hydrogens (tertiary/aromatic N) is 8. The number of para-hydroxylation sites is 1. The summed E-state index contributed by atoms with van der Waals surface area (Å²) in [5.74, 6) is 0.0100. The highest BCUT2D eigenvalue weighted by Gasteiger charge is 2.45. The Morgan fingerprint density at radius 2 is 1.62 bits per heavy atom. The fourth-order valence-corrected chi connectivity index (χ4v) is 9.72. The number of carbonyl (C=O) groups is 4. The second-order valence-electron chi connectivity index (χ2n) is 17.1. The molecule has 308 valence electrons. The van der Waals surface area contributed by atoms with Crippen molar-refractivity contribution in [3.05, 3.63) is 94.2 Å². The number of likely N-dealkylation sites (tertiary alicyclic amines) is 1. The van der Waals surface area contributed by atoms with E-state index in [2.05, 4.69) is 85.9 Å². The lowest BCUT2D eigenvalue weighted by Crippen LogP contribution is -2.61. The molecule has 15 heteroatoms. The standard InChI is InChI=1S/C45H49N11O4/c1-26-5-4-6-27(2)39(26)49-40-36-21-46-45(50-41(36)52(3)51-40)47-31-8-7-29-15-16-53(23-30(29)19-31)22-28-13-17-54(18-14-28)33-24-55(25-33)32-9-10-34-35(20-32)44(60)56(43(34)59)37-11-12-38(57)48-42(37)58/h4-10,19-21,28,33,37H,11-18,22-25H2,1-3H3,(H,49,51)(H,46,47,50)(H,48,57,58). The monoisotopic (exact) mass is 807 g/mol. The van der Waals surface area contributed by atoms with Gasteiger partial charge in [-0.2, -0.15) is 10.1 Å². The molecule has 60 heavy (non-hydrogen) atoms. The molecule has 15 nitrogen and oxygen atoms in total. The Labute approximate surface area is 348 Å². The van der Waals surface area contributed by atoms with E-state index in [1.54, 1.807) is 16.8 Å². The van der Waals surface area contributed by atoms with Crippen molar-refractivity contribution in [2.75, 3.05) is 54.8 Å². The van der Waals surface area contributed by atoms with Crippen LogP contribution in [0.4, 0.5) is 28.8 Å². The second kappa shape index (κ2) is 15.1. The second-order valence-corrected chi connectivity index (χ2v) is 17.1. The number of aromatic nitrogens is 4. The van der Waals surface area contributed by atoms with Gasteiger partial charge < -0.3 is 15.5 Å². The Morgan fingerprint density at radius 1 is 0.833 bits per heavy atom. The third-order valence-electron chi connectivity index (χ3n) is 13.2. The van der Waals surface area contributed by atoms with E-state index in [1.165, 1.54) is 24.0 Å². The van der Waals surface area contributed by atoms with Gasteiger partial charge >= 0.3 is 0 Å². The van der Waals surface area contributed by atoms with Gasteiger partial charge in [0, 0.05) is 75.5 Å². The molecule has 3 aromatic carbocycles. The van der Waals surface area contributed by atoms with E-state index in [0.717, 1.165) is 102 Å². The highest BCUT2D eigenvalue weighted by atomic mass is 16.2. The van der Waals surface area contributed by atoms with Crippen LogP contribution in [-0.2, 0) is 29.6 Å². The average Bonchev–Trinajstić information content (AvgIpc) is 3.66. The van der Waals surface area contributed by atoms with Gasteiger partial charge in [-0.05, 0) is 111 Å². The highest BCUT2D eigenvalue weighted by molar-refractivity contribution is 6.23. The van der Waals surface area contributed by atoms with Gasteiger partial charge in [0.05, 0.1) is 16.5 Å². The van der Waals surface area contributed by atoms with Gasteiger partial charge in [-0.1, -0.05) is 24.3 Å². The Balaban J connectivity index is 0.711. The first-order valence-corrected chi connectivity index (χ1v) is 21.0. The van der Waals surface area contributed by atoms with E-state index in [-0.39, 0.29) is 18.7 Å². The molecule has 10 rings (SSSR count). The lowest BCUT2D eigenvalue weighted by atomic mass is 9.92. The Hall–Kier alpha value is -6.19. The molecule has 0 radical (unpaired) electrons. The van der Waals surface area contributed by atoms with Crippen LogP contribution < -0.4 is 20.9 Å². The van der Waals surface area contributed by atoms with Gasteiger partial charge in [0.1, 0.15) is 6.04 Å². The van der Waals surface area contributed by atoms with Crippen molar-refractivity contribution < 1.29 is 19.2 Å². The molecule has 3 N–H and O–H groups in total. The van der Waals surface area contributed by atoms with Gasteiger partial charge in [-0.15, -0.1) is 0 Å². The Kier molecular flexibility index (Phi) is 9.59. The van der Waals surface area contributed by atoms with E-state index in [1.807, 2.05) is 19.3 Å². The molecule has 7 heterocycles. The molecule has 3 saturated heterocycles. The quantitative estimate of drug-likeness (QED) is 0.175. The summed E-state index contributed by atoms with van der Waals surface area (Å²) in [5.41, 5.74) is 9.38. The van der Waals surface area contributed by atoms with E-state index in [0.29, 0.717) is 29.0 Å². The van der Waals surface area contributed by atoms with Crippen molar-refractivity contribution in [3.8, 4) is 0 Å². The summed E-state index contributed by atoms with van der Waals surface area (Å²) >= 11 is 0. The van der Waals surface area contributed by atoms with Crippen LogP contribution in [0.15, 0.2) is 60.8 Å². The first kappa shape index (κ1) is 38.0. The van der Waals surface area contributed by atoms with Gasteiger partial charge in [0.15, 0.2) is 11.5 Å². The van der Waals surface area contributed by atoms with E-state index < -0.39 is 23.8 Å². The van der Waals surface area contributed by atoms with Crippen LogP contribution in [0, 0.1) is 19.8 Å². The summed E-state index contributed by atoms with van der Waals surface area (Å²) in [7, 11) is 1.91. The van der Waals surface area contributed by atoms with Crippen molar-refractivity contribution in [2.24, 2.45) is 13.0 Å². The van der Waals surface area contributed by atoms with Crippen molar-refractivity contribution in [3.63, 3.8) is 0 Å². The lowest BCUT2D eigenvalue weighted by molar-refractivity contribution is -0.136. The summed E-state index contributed by atoms with van der Waals surface area (Å²) in [5, 5.41) is 14.8. The summed E-state index contributed by atoms with van der Waals surface area (Å²) < 4.78 is 1.79. The normalized spacial score (nSPS) is 20.4. The molecule has 0 saturated carbocycles. The molecule has 0 bridgehead atoms. The molecule has 0 spiro atoms. The first-order chi connectivity index (χ1) is 29.1. The van der Waals surface area contributed by atoms with Crippen LogP contribution in [0.1, 0.15) is 68.7 Å². The Morgan fingerprint density at radius 3 is 2.40 bits per heavy atom. The molecular formula is C45H49N11O4. The first-order valence-electron chi connectivity index (χ1n) is 21.0. The van der Waals surface area contributed by atoms with Gasteiger partial charge in [-0.25, -0.2) is 9.67 Å². The maximum Gasteiger partial charge on any atom is 0.262 e. The van der Waals surface area contributed by atoms with E-state index in [4.69, 9.17) is 10.1 Å². The summed E-state index contributed by atoms with van der Waals surface area (Å²) in [6, 6.07) is 17.7. The average molecular weight is 808 g/mol. The van der Waals surface area contributed by atoms with Crippen molar-refractivity contribution in [2.45, 2.75) is 64.6 Å². The maximum atomic E-state index is 13.3. The number of nitrogens with one attached hydrogen (secondary N) is 3. The minimum Gasteiger partial charge on any atom is -0.368 e. The number of benzene rings is 3. The zero-order valence-electron chi connectivity index (χ0n) is 34.2. The molecule has 4 amide bonds. The fourth-order valence-electron chi connectivity index (χ4n) is 9.72. The molecule has 5 aliphatic heterocycles. The number of hydrogen-bond donors (Lipinski definition) is 3. The number of anilines is 5. The molecule has 5 aliphatic rings. The number of fused-ring (bicyclic) bond motifs is 3. The number of amides is 4. The van der Waals surface area contributed by atoms with E-state index in [9.17, 15) is 19.2 Å². The zero-order valence-corrected chi connectivity index (χ0v) is 34.2. The SMILES string of the molecule is Cc1cccc(C)c1Nc1nn(C)c2nc(Nc3ccc4c(c3)CN(CC3CCN(C5CN(c6ccc7c(c6)C(=O)N(C6CCC(=O)NC6=O)C7=O)C5)CC3)CC4)ncc12. The number of piperidine rings is 2. The predicted octanol–water partition coefficient (Wildman–Crippen LogP) is 4.83. The molecular weight excluding hydrogens is 759 g/mol. The highest BCUT2D eigenvalue weighted by Crippen LogP contribution is 2.35. The van der Waals surface area contributed by atoms with Crippen molar-refractivity contribution in [1.82, 2.24) is 39.8 Å². The van der Waals surface area contributed by atoms with Crippen LogP contribution in [-0.4, -0.2) is 109 Å². The van der Waals surface area contributed by atoms with Crippen LogP contribution in [0.25, 0.3) is 11.0 Å². The minimum absolute atomic E-state index is 0.103. The molecule has 1 atom stereocenters. The van der Waals surface area contributed by atoms with Crippen LogP contribution in [0.3, 0.4) is 0 Å².